The number of amides is 1. The van der Waals surface area contributed by atoms with Gasteiger partial charge in [0.2, 0.25) is 0 Å². The van der Waals surface area contributed by atoms with Gasteiger partial charge in [0.15, 0.2) is 0 Å². The van der Waals surface area contributed by atoms with Crippen LogP contribution in [0.15, 0.2) is 48.5 Å². The SMILES string of the molecule is CC1CCCN(c2ccc(C(C)NC(=O)c3ccc(CN4CCCCC4)cc3)cc2)C1. The molecule has 2 unspecified atom stereocenters. The van der Waals surface area contributed by atoms with E-state index >= 15 is 0 Å². The third kappa shape index (κ3) is 5.88. The number of anilines is 1. The fourth-order valence-corrected chi connectivity index (χ4v) is 4.90. The van der Waals surface area contributed by atoms with Gasteiger partial charge in [-0.3, -0.25) is 9.69 Å². The average Bonchev–Trinajstić information content (AvgIpc) is 2.80. The number of likely N-dealkylation sites (tertiary alicyclic amines) is 1. The number of hydrogen-bond acceptors (Lipinski definition) is 3. The Bertz CT molecular complexity index is 840. The van der Waals surface area contributed by atoms with Gasteiger partial charge in [0.05, 0.1) is 6.04 Å². The summed E-state index contributed by atoms with van der Waals surface area (Å²) in [4.78, 5) is 17.7. The van der Waals surface area contributed by atoms with Crippen molar-refractivity contribution < 1.29 is 4.79 Å². The number of piperidine rings is 2. The zero-order valence-electron chi connectivity index (χ0n) is 19.1. The molecule has 0 saturated carbocycles. The van der Waals surface area contributed by atoms with Crippen LogP contribution in [0.4, 0.5) is 5.69 Å². The second-order valence-corrected chi connectivity index (χ2v) is 9.51. The number of rotatable bonds is 6. The van der Waals surface area contributed by atoms with Gasteiger partial charge >= 0.3 is 0 Å². The highest BCUT2D eigenvalue weighted by atomic mass is 16.1. The lowest BCUT2D eigenvalue weighted by Crippen LogP contribution is -2.34. The molecule has 1 N–H and O–H groups in total. The zero-order valence-corrected chi connectivity index (χ0v) is 19.1. The van der Waals surface area contributed by atoms with E-state index in [1.54, 1.807) is 0 Å². The lowest BCUT2D eigenvalue weighted by atomic mass is 9.99. The maximum atomic E-state index is 12.8. The first-order chi connectivity index (χ1) is 15.1. The van der Waals surface area contributed by atoms with Crippen LogP contribution in [0.2, 0.25) is 0 Å². The van der Waals surface area contributed by atoms with E-state index in [4.69, 9.17) is 0 Å². The van der Waals surface area contributed by atoms with Gasteiger partial charge < -0.3 is 10.2 Å². The standard InChI is InChI=1S/C27H37N3O/c1-21-7-6-18-30(19-21)26-14-12-24(13-15-26)22(2)28-27(31)25-10-8-23(9-11-25)20-29-16-4-3-5-17-29/h8-15,21-22H,3-7,16-20H2,1-2H3,(H,28,31). The van der Waals surface area contributed by atoms with Crippen molar-refractivity contribution in [1.29, 1.82) is 0 Å². The topological polar surface area (TPSA) is 35.6 Å². The van der Waals surface area contributed by atoms with Crippen LogP contribution < -0.4 is 10.2 Å². The summed E-state index contributed by atoms with van der Waals surface area (Å²) in [6.07, 6.45) is 6.56. The van der Waals surface area contributed by atoms with Gasteiger partial charge in [-0.25, -0.2) is 0 Å². The van der Waals surface area contributed by atoms with Crippen molar-refractivity contribution >= 4 is 11.6 Å². The largest absolute Gasteiger partial charge is 0.371 e. The van der Waals surface area contributed by atoms with Crippen molar-refractivity contribution in [2.45, 2.75) is 58.5 Å². The van der Waals surface area contributed by atoms with Gasteiger partial charge in [0, 0.05) is 30.9 Å². The minimum absolute atomic E-state index is 0.00838. The van der Waals surface area contributed by atoms with Gasteiger partial charge in [-0.05, 0) is 87.0 Å². The van der Waals surface area contributed by atoms with Gasteiger partial charge in [-0.1, -0.05) is 37.6 Å². The molecule has 0 aliphatic carbocycles. The van der Waals surface area contributed by atoms with E-state index in [9.17, 15) is 4.79 Å². The van der Waals surface area contributed by atoms with Crippen molar-refractivity contribution in [3.63, 3.8) is 0 Å². The lowest BCUT2D eigenvalue weighted by molar-refractivity contribution is 0.0940. The van der Waals surface area contributed by atoms with Crippen molar-refractivity contribution in [2.75, 3.05) is 31.1 Å². The zero-order chi connectivity index (χ0) is 21.6. The quantitative estimate of drug-likeness (QED) is 0.681. The highest BCUT2D eigenvalue weighted by Crippen LogP contribution is 2.25. The molecule has 2 fully saturated rings. The molecule has 2 aromatic carbocycles. The Labute approximate surface area is 187 Å². The summed E-state index contributed by atoms with van der Waals surface area (Å²) in [5.74, 6) is 0.754. The molecule has 0 spiro atoms. The van der Waals surface area contributed by atoms with E-state index in [1.165, 1.54) is 56.4 Å². The van der Waals surface area contributed by atoms with Crippen molar-refractivity contribution in [3.05, 3.63) is 65.2 Å². The Balaban J connectivity index is 1.31. The minimum Gasteiger partial charge on any atom is -0.371 e. The Hall–Kier alpha value is -2.33. The fraction of sp³-hybridized carbons (Fsp3) is 0.519. The molecule has 1 amide bonds. The normalized spacial score (nSPS) is 21.0. The highest BCUT2D eigenvalue weighted by Gasteiger charge is 2.17. The summed E-state index contributed by atoms with van der Waals surface area (Å²) < 4.78 is 0. The summed E-state index contributed by atoms with van der Waals surface area (Å²) in [5, 5.41) is 3.16. The van der Waals surface area contributed by atoms with E-state index in [-0.39, 0.29) is 11.9 Å². The van der Waals surface area contributed by atoms with E-state index in [1.807, 2.05) is 12.1 Å². The Morgan fingerprint density at radius 2 is 1.68 bits per heavy atom. The van der Waals surface area contributed by atoms with Crippen LogP contribution in [0.5, 0.6) is 0 Å². The van der Waals surface area contributed by atoms with E-state index in [2.05, 4.69) is 65.4 Å². The third-order valence-electron chi connectivity index (χ3n) is 6.83. The average molecular weight is 420 g/mol. The smallest absolute Gasteiger partial charge is 0.251 e. The van der Waals surface area contributed by atoms with Crippen LogP contribution in [0.25, 0.3) is 0 Å². The summed E-state index contributed by atoms with van der Waals surface area (Å²) in [6, 6.07) is 16.8. The summed E-state index contributed by atoms with van der Waals surface area (Å²) in [7, 11) is 0. The molecule has 0 aromatic heterocycles. The molecule has 31 heavy (non-hydrogen) atoms. The lowest BCUT2D eigenvalue weighted by Gasteiger charge is -2.33. The predicted molar refractivity (Wildman–Crippen MR) is 129 cm³/mol. The van der Waals surface area contributed by atoms with Crippen LogP contribution >= 0.6 is 0 Å². The number of nitrogens with zero attached hydrogens (tertiary/aromatic N) is 2. The fourth-order valence-electron chi connectivity index (χ4n) is 4.90. The van der Waals surface area contributed by atoms with E-state index in [0.29, 0.717) is 0 Å². The number of carbonyl (C=O) groups is 1. The summed E-state index contributed by atoms with van der Waals surface area (Å²) >= 11 is 0. The van der Waals surface area contributed by atoms with Crippen molar-refractivity contribution in [2.24, 2.45) is 5.92 Å². The molecule has 2 aliphatic rings. The maximum Gasteiger partial charge on any atom is 0.251 e. The Morgan fingerprint density at radius 3 is 2.35 bits per heavy atom. The molecule has 2 saturated heterocycles. The minimum atomic E-state index is -0.0187. The molecule has 0 bridgehead atoms. The van der Waals surface area contributed by atoms with Crippen LogP contribution in [0, 0.1) is 5.92 Å². The first-order valence-electron chi connectivity index (χ1n) is 12.1. The van der Waals surface area contributed by atoms with Gasteiger partial charge in [0.25, 0.3) is 5.91 Å². The molecular weight excluding hydrogens is 382 g/mol. The van der Waals surface area contributed by atoms with Crippen LogP contribution in [0.3, 0.4) is 0 Å². The second kappa shape index (κ2) is 10.3. The third-order valence-corrected chi connectivity index (χ3v) is 6.83. The second-order valence-electron chi connectivity index (χ2n) is 9.51. The molecule has 0 radical (unpaired) electrons. The van der Waals surface area contributed by atoms with E-state index < -0.39 is 0 Å². The summed E-state index contributed by atoms with van der Waals surface area (Å²) in [5.41, 5.74) is 4.45. The molecule has 166 valence electrons. The molecule has 2 atom stereocenters. The van der Waals surface area contributed by atoms with Crippen LogP contribution in [-0.2, 0) is 6.54 Å². The molecule has 4 nitrogen and oxygen atoms in total. The van der Waals surface area contributed by atoms with Crippen molar-refractivity contribution in [3.8, 4) is 0 Å². The van der Waals surface area contributed by atoms with Crippen LogP contribution in [-0.4, -0.2) is 37.0 Å². The Morgan fingerprint density at radius 1 is 0.968 bits per heavy atom. The number of nitrogens with one attached hydrogen (secondary N) is 1. The first kappa shape index (κ1) is 21.9. The molecule has 2 aliphatic heterocycles. The monoisotopic (exact) mass is 419 g/mol. The molecular formula is C27H37N3O. The number of hydrogen-bond donors (Lipinski definition) is 1. The maximum absolute atomic E-state index is 12.8. The molecule has 2 heterocycles. The predicted octanol–water partition coefficient (Wildman–Crippen LogP) is 5.40. The van der Waals surface area contributed by atoms with Gasteiger partial charge in [0.1, 0.15) is 0 Å². The van der Waals surface area contributed by atoms with E-state index in [0.717, 1.165) is 36.7 Å². The number of carbonyl (C=O) groups excluding carboxylic acids is 1. The van der Waals surface area contributed by atoms with Crippen molar-refractivity contribution in [1.82, 2.24) is 10.2 Å². The van der Waals surface area contributed by atoms with Gasteiger partial charge in [-0.15, -0.1) is 0 Å². The summed E-state index contributed by atoms with van der Waals surface area (Å²) in [6.45, 7) is 10.0. The molecule has 4 heteroatoms. The highest BCUT2D eigenvalue weighted by molar-refractivity contribution is 5.94. The van der Waals surface area contributed by atoms with Gasteiger partial charge in [-0.2, -0.15) is 0 Å². The molecule has 4 rings (SSSR count). The number of benzene rings is 2. The Kier molecular flexibility index (Phi) is 7.29. The first-order valence-corrected chi connectivity index (χ1v) is 12.1. The van der Waals surface area contributed by atoms with Crippen LogP contribution in [0.1, 0.15) is 73.5 Å². The molecule has 2 aromatic rings.